The summed E-state index contributed by atoms with van der Waals surface area (Å²) in [5.41, 5.74) is 2.84. The molecule has 8 nitrogen and oxygen atoms in total. The van der Waals surface area contributed by atoms with Crippen LogP contribution in [0.25, 0.3) is 0 Å². The molecule has 0 heterocycles. The van der Waals surface area contributed by atoms with Gasteiger partial charge in [0.15, 0.2) is 0 Å². The van der Waals surface area contributed by atoms with E-state index >= 15 is 0 Å². The van der Waals surface area contributed by atoms with E-state index < -0.39 is 36.5 Å². The molecule has 1 unspecified atom stereocenters. The highest BCUT2D eigenvalue weighted by Gasteiger charge is 2.34. The van der Waals surface area contributed by atoms with E-state index in [4.69, 9.17) is 0 Å². The molecular weight excluding hydrogens is 412 g/mol. The van der Waals surface area contributed by atoms with Crippen molar-refractivity contribution in [2.24, 2.45) is 0 Å². The SMILES string of the molecule is C[C@H](NC(CCc1ccccc1)C(=O)O)C(=O)N(CC(=O)O)[C@H]1Cc2ccc(O)cc2C1. The standard InChI is InChI=1S/C24H28N2O6/c1-15(25-21(24(31)32)10-7-16-5-3-2-4-6-16)23(30)26(14-22(28)29)19-11-17-8-9-20(27)13-18(17)12-19/h2-6,8-9,13,15,19,21,25,27H,7,10-12,14H2,1H3,(H,28,29)(H,31,32)/t15-,19-,21?/m0/s1. The van der Waals surface area contributed by atoms with E-state index in [0.29, 0.717) is 25.7 Å². The van der Waals surface area contributed by atoms with Crippen molar-refractivity contribution >= 4 is 17.8 Å². The summed E-state index contributed by atoms with van der Waals surface area (Å²) in [5.74, 6) is -2.53. The van der Waals surface area contributed by atoms with E-state index in [2.05, 4.69) is 5.32 Å². The number of phenolic OH excluding ortho intramolecular Hbond substituents is 1. The molecule has 0 fully saturated rings. The van der Waals surface area contributed by atoms with Gasteiger partial charge in [-0.1, -0.05) is 36.4 Å². The van der Waals surface area contributed by atoms with E-state index in [1.165, 1.54) is 4.90 Å². The van der Waals surface area contributed by atoms with E-state index in [1.54, 1.807) is 25.1 Å². The number of phenols is 1. The lowest BCUT2D eigenvalue weighted by molar-refractivity contribution is -0.148. The highest BCUT2D eigenvalue weighted by atomic mass is 16.4. The fraction of sp³-hybridized carbons (Fsp3) is 0.375. The molecule has 2 aromatic rings. The highest BCUT2D eigenvalue weighted by Crippen LogP contribution is 2.29. The van der Waals surface area contributed by atoms with Gasteiger partial charge in [-0.2, -0.15) is 0 Å². The van der Waals surface area contributed by atoms with Crippen LogP contribution in [0.5, 0.6) is 5.75 Å². The minimum atomic E-state index is -1.14. The number of fused-ring (bicyclic) bond motifs is 1. The van der Waals surface area contributed by atoms with Gasteiger partial charge in [0.2, 0.25) is 5.91 Å². The molecule has 1 aliphatic carbocycles. The molecule has 0 radical (unpaired) electrons. The fourth-order valence-electron chi connectivity index (χ4n) is 4.19. The predicted octanol–water partition coefficient (Wildman–Crippen LogP) is 1.84. The van der Waals surface area contributed by atoms with Gasteiger partial charge in [0.25, 0.3) is 0 Å². The van der Waals surface area contributed by atoms with Crippen LogP contribution in [0.2, 0.25) is 0 Å². The minimum Gasteiger partial charge on any atom is -0.508 e. The molecule has 1 amide bonds. The van der Waals surface area contributed by atoms with Crippen molar-refractivity contribution in [3.63, 3.8) is 0 Å². The molecule has 3 rings (SSSR count). The van der Waals surface area contributed by atoms with E-state index in [9.17, 15) is 29.7 Å². The van der Waals surface area contributed by atoms with Gasteiger partial charge in [-0.15, -0.1) is 0 Å². The summed E-state index contributed by atoms with van der Waals surface area (Å²) in [6.07, 6.45) is 1.75. The minimum absolute atomic E-state index is 0.123. The van der Waals surface area contributed by atoms with E-state index in [-0.39, 0.29) is 11.8 Å². The van der Waals surface area contributed by atoms with Crippen molar-refractivity contribution in [3.8, 4) is 5.75 Å². The second-order valence-corrected chi connectivity index (χ2v) is 8.18. The van der Waals surface area contributed by atoms with Crippen LogP contribution in [-0.2, 0) is 33.6 Å². The summed E-state index contributed by atoms with van der Waals surface area (Å²) in [5, 5.41) is 31.6. The van der Waals surface area contributed by atoms with Gasteiger partial charge >= 0.3 is 11.9 Å². The molecule has 3 atom stereocenters. The Bertz CT molecular complexity index is 978. The maximum Gasteiger partial charge on any atom is 0.323 e. The van der Waals surface area contributed by atoms with Crippen LogP contribution >= 0.6 is 0 Å². The maximum atomic E-state index is 13.2. The first-order valence-electron chi connectivity index (χ1n) is 10.6. The number of aliphatic carboxylic acids is 2. The summed E-state index contributed by atoms with van der Waals surface area (Å²) < 4.78 is 0. The number of benzene rings is 2. The quantitative estimate of drug-likeness (QED) is 0.444. The Kier molecular flexibility index (Phi) is 7.48. The summed E-state index contributed by atoms with van der Waals surface area (Å²) >= 11 is 0. The van der Waals surface area contributed by atoms with E-state index in [0.717, 1.165) is 16.7 Å². The summed E-state index contributed by atoms with van der Waals surface area (Å²) in [6.45, 7) is 1.08. The normalized spacial score (nSPS) is 16.7. The van der Waals surface area contributed by atoms with Crippen LogP contribution in [-0.4, -0.2) is 62.7 Å². The first-order valence-corrected chi connectivity index (χ1v) is 10.6. The molecule has 0 bridgehead atoms. The van der Waals surface area contributed by atoms with Gasteiger partial charge in [0, 0.05) is 6.04 Å². The van der Waals surface area contributed by atoms with Gasteiger partial charge in [0.05, 0.1) is 6.04 Å². The molecule has 32 heavy (non-hydrogen) atoms. The molecule has 0 aromatic heterocycles. The number of aromatic hydroxyl groups is 1. The monoisotopic (exact) mass is 440 g/mol. The number of carbonyl (C=O) groups excluding carboxylic acids is 1. The Morgan fingerprint density at radius 3 is 2.41 bits per heavy atom. The molecule has 0 saturated carbocycles. The van der Waals surface area contributed by atoms with Crippen molar-refractivity contribution in [2.75, 3.05) is 6.54 Å². The number of hydrogen-bond acceptors (Lipinski definition) is 5. The van der Waals surface area contributed by atoms with Crippen molar-refractivity contribution in [1.29, 1.82) is 0 Å². The second kappa shape index (κ2) is 10.3. The number of nitrogens with zero attached hydrogens (tertiary/aromatic N) is 1. The average molecular weight is 440 g/mol. The first kappa shape index (κ1) is 23.3. The molecule has 0 spiro atoms. The van der Waals surface area contributed by atoms with Crippen LogP contribution in [0.4, 0.5) is 0 Å². The molecule has 0 aliphatic heterocycles. The molecule has 8 heteroatoms. The van der Waals surface area contributed by atoms with Gasteiger partial charge in [-0.25, -0.2) is 0 Å². The highest BCUT2D eigenvalue weighted by molar-refractivity contribution is 5.86. The number of carboxylic acids is 2. The molecule has 170 valence electrons. The second-order valence-electron chi connectivity index (χ2n) is 8.18. The largest absolute Gasteiger partial charge is 0.508 e. The number of aryl methyl sites for hydroxylation is 1. The molecule has 4 N–H and O–H groups in total. The van der Waals surface area contributed by atoms with Gasteiger partial charge in [0.1, 0.15) is 18.3 Å². The smallest absolute Gasteiger partial charge is 0.323 e. The third-order valence-electron chi connectivity index (χ3n) is 5.81. The van der Waals surface area contributed by atoms with Crippen molar-refractivity contribution < 1.29 is 29.7 Å². The third kappa shape index (κ3) is 5.85. The van der Waals surface area contributed by atoms with Crippen LogP contribution in [0.15, 0.2) is 48.5 Å². The van der Waals surface area contributed by atoms with Gasteiger partial charge in [-0.3, -0.25) is 19.7 Å². The first-order chi connectivity index (χ1) is 15.2. The average Bonchev–Trinajstić information content (AvgIpc) is 3.17. The Morgan fingerprint density at radius 2 is 1.75 bits per heavy atom. The molecule has 2 aromatic carbocycles. The van der Waals surface area contributed by atoms with E-state index in [1.807, 2.05) is 30.3 Å². The molecule has 1 aliphatic rings. The maximum absolute atomic E-state index is 13.2. The lowest BCUT2D eigenvalue weighted by atomic mass is 10.0. The van der Waals surface area contributed by atoms with Crippen LogP contribution in [0.1, 0.15) is 30.0 Å². The lowest BCUT2D eigenvalue weighted by Gasteiger charge is -2.31. The zero-order valence-electron chi connectivity index (χ0n) is 17.9. The zero-order chi connectivity index (χ0) is 23.3. The lowest BCUT2D eigenvalue weighted by Crippen LogP contribution is -2.54. The summed E-state index contributed by atoms with van der Waals surface area (Å²) in [4.78, 5) is 37.7. The van der Waals surface area contributed by atoms with Gasteiger partial charge < -0.3 is 20.2 Å². The number of carbonyl (C=O) groups is 3. The van der Waals surface area contributed by atoms with Crippen molar-refractivity contribution in [2.45, 2.75) is 50.7 Å². The number of amides is 1. The van der Waals surface area contributed by atoms with Crippen molar-refractivity contribution in [3.05, 3.63) is 65.2 Å². The topological polar surface area (TPSA) is 127 Å². The van der Waals surface area contributed by atoms with Crippen LogP contribution in [0.3, 0.4) is 0 Å². The zero-order valence-corrected chi connectivity index (χ0v) is 17.9. The Hall–Kier alpha value is -3.39. The number of rotatable bonds is 10. The predicted molar refractivity (Wildman–Crippen MR) is 117 cm³/mol. The summed E-state index contributed by atoms with van der Waals surface area (Å²) in [7, 11) is 0. The van der Waals surface area contributed by atoms with Gasteiger partial charge in [-0.05, 0) is 61.4 Å². The summed E-state index contributed by atoms with van der Waals surface area (Å²) in [6, 6.07) is 12.3. The van der Waals surface area contributed by atoms with Crippen molar-refractivity contribution in [1.82, 2.24) is 10.2 Å². The third-order valence-corrected chi connectivity index (χ3v) is 5.81. The number of carboxylic acid groups (broad SMARTS) is 2. The fourth-order valence-corrected chi connectivity index (χ4v) is 4.19. The Labute approximate surface area is 186 Å². The molecule has 0 saturated heterocycles. The van der Waals surface area contributed by atoms with Crippen LogP contribution < -0.4 is 5.32 Å². The number of hydrogen-bond donors (Lipinski definition) is 4. The number of nitrogens with one attached hydrogen (secondary N) is 1. The van der Waals surface area contributed by atoms with Crippen LogP contribution in [0, 0.1) is 0 Å². The Balaban J connectivity index is 1.68. The Morgan fingerprint density at radius 1 is 1.06 bits per heavy atom. The molecular formula is C24H28N2O6.